The molecule has 1 saturated heterocycles. The number of hydrogen-bond acceptors (Lipinski definition) is 4. The molecule has 1 heterocycles. The second-order valence-corrected chi connectivity index (χ2v) is 4.70. The van der Waals surface area contributed by atoms with Crippen LogP contribution in [0.3, 0.4) is 0 Å². The van der Waals surface area contributed by atoms with Gasteiger partial charge in [0.1, 0.15) is 0 Å². The van der Waals surface area contributed by atoms with Gasteiger partial charge >= 0.3 is 0 Å². The number of likely N-dealkylation sites (N-methyl/N-ethyl adjacent to an activating group) is 1. The Hall–Kier alpha value is 0.230. The van der Waals surface area contributed by atoms with Gasteiger partial charge in [-0.25, -0.2) is 0 Å². The van der Waals surface area contributed by atoms with E-state index in [1.807, 2.05) is 6.92 Å². The van der Waals surface area contributed by atoms with E-state index < -0.39 is 0 Å². The second-order valence-electron chi connectivity index (χ2n) is 3.97. The lowest BCUT2D eigenvalue weighted by Crippen LogP contribution is -2.44. The van der Waals surface area contributed by atoms with E-state index >= 15 is 0 Å². The Morgan fingerprint density at radius 3 is 2.50 bits per heavy atom. The largest absolute Gasteiger partial charge is 0.368 e. The molecule has 0 bridgehead atoms. The third-order valence-corrected chi connectivity index (χ3v) is 2.72. The number of thiol groups is 1. The minimum absolute atomic E-state index is 0.0717. The van der Waals surface area contributed by atoms with Gasteiger partial charge in [-0.05, 0) is 20.4 Å². The summed E-state index contributed by atoms with van der Waals surface area (Å²) in [5.74, 6) is 0. The molecule has 14 heavy (non-hydrogen) atoms. The average molecular weight is 218 g/mol. The molecule has 0 spiro atoms. The van der Waals surface area contributed by atoms with E-state index in [1.165, 1.54) is 26.2 Å². The normalized spacial score (nSPS) is 22.5. The first-order valence-corrected chi connectivity index (χ1v) is 5.90. The Labute approximate surface area is 92.8 Å². The van der Waals surface area contributed by atoms with Crippen molar-refractivity contribution in [3.05, 3.63) is 0 Å². The summed E-state index contributed by atoms with van der Waals surface area (Å²) < 4.78 is 5.38. The maximum absolute atomic E-state index is 5.38. The Morgan fingerprint density at radius 2 is 1.93 bits per heavy atom. The average Bonchev–Trinajstić information content (AvgIpc) is 2.15. The lowest BCUT2D eigenvalue weighted by atomic mass is 10.3. The van der Waals surface area contributed by atoms with Gasteiger partial charge in [0.2, 0.25) is 0 Å². The number of ether oxygens (including phenoxy) is 1. The summed E-state index contributed by atoms with van der Waals surface area (Å²) in [5, 5.41) is 0. The molecule has 1 aliphatic rings. The van der Waals surface area contributed by atoms with Crippen molar-refractivity contribution in [3.63, 3.8) is 0 Å². The topological polar surface area (TPSA) is 15.7 Å². The van der Waals surface area contributed by atoms with E-state index in [2.05, 4.69) is 29.5 Å². The fourth-order valence-electron chi connectivity index (χ4n) is 1.61. The third kappa shape index (κ3) is 5.20. The summed E-state index contributed by atoms with van der Waals surface area (Å²) >= 11 is 4.17. The van der Waals surface area contributed by atoms with E-state index in [1.54, 1.807) is 0 Å². The van der Waals surface area contributed by atoms with E-state index in [4.69, 9.17) is 4.74 Å². The first kappa shape index (κ1) is 12.3. The minimum Gasteiger partial charge on any atom is -0.368 e. The molecule has 0 aromatic rings. The van der Waals surface area contributed by atoms with Crippen LogP contribution >= 0.6 is 12.6 Å². The van der Waals surface area contributed by atoms with E-state index in [0.29, 0.717) is 0 Å². The molecule has 0 radical (unpaired) electrons. The van der Waals surface area contributed by atoms with Gasteiger partial charge < -0.3 is 14.5 Å². The minimum atomic E-state index is 0.0717. The summed E-state index contributed by atoms with van der Waals surface area (Å²) in [6.45, 7) is 8.75. The van der Waals surface area contributed by atoms with Gasteiger partial charge in [-0.15, -0.1) is 12.6 Å². The molecule has 0 N–H and O–H groups in total. The summed E-state index contributed by atoms with van der Waals surface area (Å²) in [7, 11) is 2.18. The Bertz CT molecular complexity index is 147. The van der Waals surface area contributed by atoms with Crippen LogP contribution in [0.4, 0.5) is 0 Å². The van der Waals surface area contributed by atoms with Gasteiger partial charge in [-0.3, -0.25) is 0 Å². The highest BCUT2D eigenvalue weighted by atomic mass is 32.1. The maximum Gasteiger partial charge on any atom is 0.0971 e. The zero-order valence-electron chi connectivity index (χ0n) is 9.28. The number of nitrogens with zero attached hydrogens (tertiary/aromatic N) is 2. The predicted octanol–water partition coefficient (Wildman–Crippen LogP) is 0.916. The van der Waals surface area contributed by atoms with Crippen LogP contribution in [0.15, 0.2) is 0 Å². The summed E-state index contributed by atoms with van der Waals surface area (Å²) in [4.78, 5) is 4.88. The SMILES string of the molecule is CC(S)OCCCN1CCN(C)CC1. The summed E-state index contributed by atoms with van der Waals surface area (Å²) in [5.41, 5.74) is 0.0717. The first-order chi connectivity index (χ1) is 6.68. The van der Waals surface area contributed by atoms with E-state index in [0.717, 1.165) is 19.6 Å². The van der Waals surface area contributed by atoms with Crippen molar-refractivity contribution in [2.45, 2.75) is 18.8 Å². The predicted molar refractivity (Wildman–Crippen MR) is 63.0 cm³/mol. The Kier molecular flexibility index (Phi) is 5.86. The van der Waals surface area contributed by atoms with Crippen LogP contribution in [-0.4, -0.2) is 61.6 Å². The molecule has 1 aliphatic heterocycles. The van der Waals surface area contributed by atoms with Gasteiger partial charge in [0.25, 0.3) is 0 Å². The van der Waals surface area contributed by atoms with Gasteiger partial charge in [0.15, 0.2) is 0 Å². The molecule has 4 heteroatoms. The van der Waals surface area contributed by atoms with E-state index in [-0.39, 0.29) is 5.44 Å². The van der Waals surface area contributed by atoms with Crippen molar-refractivity contribution >= 4 is 12.6 Å². The molecule has 0 amide bonds. The zero-order valence-corrected chi connectivity index (χ0v) is 10.2. The van der Waals surface area contributed by atoms with Crippen molar-refractivity contribution in [1.82, 2.24) is 9.80 Å². The van der Waals surface area contributed by atoms with Gasteiger partial charge in [-0.2, -0.15) is 0 Å². The lowest BCUT2D eigenvalue weighted by molar-refractivity contribution is 0.100. The molecule has 1 fully saturated rings. The lowest BCUT2D eigenvalue weighted by Gasteiger charge is -2.32. The maximum atomic E-state index is 5.38. The van der Waals surface area contributed by atoms with Crippen LogP contribution in [0.25, 0.3) is 0 Å². The van der Waals surface area contributed by atoms with E-state index in [9.17, 15) is 0 Å². The fraction of sp³-hybridized carbons (Fsp3) is 1.00. The monoisotopic (exact) mass is 218 g/mol. The van der Waals surface area contributed by atoms with Gasteiger partial charge in [0, 0.05) is 39.3 Å². The molecule has 3 nitrogen and oxygen atoms in total. The van der Waals surface area contributed by atoms with Crippen molar-refractivity contribution in [3.8, 4) is 0 Å². The zero-order chi connectivity index (χ0) is 10.4. The highest BCUT2D eigenvalue weighted by molar-refractivity contribution is 7.80. The van der Waals surface area contributed by atoms with Crippen molar-refractivity contribution in [2.75, 3.05) is 46.4 Å². The van der Waals surface area contributed by atoms with Crippen LogP contribution in [0.2, 0.25) is 0 Å². The molecule has 1 unspecified atom stereocenters. The third-order valence-electron chi connectivity index (χ3n) is 2.57. The summed E-state index contributed by atoms with van der Waals surface area (Å²) in [6, 6.07) is 0. The first-order valence-electron chi connectivity index (χ1n) is 5.39. The fourth-order valence-corrected chi connectivity index (χ4v) is 1.72. The van der Waals surface area contributed by atoms with Crippen LogP contribution in [0.5, 0.6) is 0 Å². The van der Waals surface area contributed by atoms with Gasteiger partial charge in [-0.1, -0.05) is 0 Å². The molecule has 0 aromatic heterocycles. The standard InChI is InChI=1S/C10H22N2OS/c1-10(14)13-9-3-4-12-7-5-11(2)6-8-12/h10,14H,3-9H2,1-2H3. The van der Waals surface area contributed by atoms with Crippen molar-refractivity contribution < 1.29 is 4.74 Å². The second kappa shape index (κ2) is 6.67. The molecule has 0 aromatic carbocycles. The van der Waals surface area contributed by atoms with Crippen LogP contribution in [0, 0.1) is 0 Å². The highest BCUT2D eigenvalue weighted by Crippen LogP contribution is 2.01. The van der Waals surface area contributed by atoms with Gasteiger partial charge in [0.05, 0.1) is 5.44 Å². The van der Waals surface area contributed by atoms with Crippen molar-refractivity contribution in [1.29, 1.82) is 0 Å². The molecular formula is C10H22N2OS. The molecule has 0 aliphatic carbocycles. The molecule has 84 valence electrons. The number of rotatable bonds is 5. The van der Waals surface area contributed by atoms with Crippen LogP contribution in [-0.2, 0) is 4.74 Å². The molecule has 1 rings (SSSR count). The number of piperazine rings is 1. The Morgan fingerprint density at radius 1 is 1.29 bits per heavy atom. The number of hydrogen-bond donors (Lipinski definition) is 1. The van der Waals surface area contributed by atoms with Crippen molar-refractivity contribution in [2.24, 2.45) is 0 Å². The Balaban J connectivity index is 1.96. The summed E-state index contributed by atoms with van der Waals surface area (Å²) in [6.07, 6.45) is 1.12. The molecular weight excluding hydrogens is 196 g/mol. The van der Waals surface area contributed by atoms with Crippen LogP contribution < -0.4 is 0 Å². The molecule has 0 saturated carbocycles. The highest BCUT2D eigenvalue weighted by Gasteiger charge is 2.12. The smallest absolute Gasteiger partial charge is 0.0971 e. The van der Waals surface area contributed by atoms with Crippen LogP contribution in [0.1, 0.15) is 13.3 Å². The molecule has 1 atom stereocenters. The quantitative estimate of drug-likeness (QED) is 0.420.